The minimum atomic E-state index is -1.01. The van der Waals surface area contributed by atoms with Gasteiger partial charge in [-0.2, -0.15) is 5.10 Å². The van der Waals surface area contributed by atoms with Crippen molar-refractivity contribution >= 4 is 34.2 Å². The summed E-state index contributed by atoms with van der Waals surface area (Å²) in [7, 11) is 0. The first-order valence-electron chi connectivity index (χ1n) is 5.15. The number of carboxylic acids is 1. The molecule has 2 amide bonds. The summed E-state index contributed by atoms with van der Waals surface area (Å²) in [5.41, 5.74) is 0.389. The van der Waals surface area contributed by atoms with Crippen LogP contribution in [0, 0.1) is 6.92 Å². The second-order valence-electron chi connectivity index (χ2n) is 3.53. The van der Waals surface area contributed by atoms with Crippen LogP contribution in [0.3, 0.4) is 0 Å². The Morgan fingerprint density at radius 3 is 2.84 bits per heavy atom. The smallest absolute Gasteiger partial charge is 0.325 e. The van der Waals surface area contributed by atoms with Crippen molar-refractivity contribution in [1.29, 1.82) is 0 Å². The zero-order chi connectivity index (χ0) is 13.8. The molecular formula is C9H10N6O3S. The summed E-state index contributed by atoms with van der Waals surface area (Å²) in [6.07, 6.45) is 2.77. The van der Waals surface area contributed by atoms with Gasteiger partial charge in [-0.3, -0.25) is 14.8 Å². The second kappa shape index (κ2) is 5.44. The van der Waals surface area contributed by atoms with Crippen LogP contribution < -0.4 is 10.6 Å². The number of hydrogen-bond donors (Lipinski definition) is 3. The Morgan fingerprint density at radius 1 is 1.42 bits per heavy atom. The molecule has 0 unspecified atom stereocenters. The summed E-state index contributed by atoms with van der Waals surface area (Å²) in [5, 5.41) is 26.0. The summed E-state index contributed by atoms with van der Waals surface area (Å²) in [6.45, 7) is 1.51. The molecule has 0 aromatic carbocycles. The molecule has 10 heteroatoms. The van der Waals surface area contributed by atoms with Gasteiger partial charge < -0.3 is 10.4 Å². The molecular weight excluding hydrogens is 272 g/mol. The van der Waals surface area contributed by atoms with Crippen LogP contribution in [0.4, 0.5) is 15.6 Å². The zero-order valence-corrected chi connectivity index (χ0v) is 10.6. The maximum absolute atomic E-state index is 11.6. The number of carbonyl (C=O) groups excluding carboxylic acids is 1. The van der Waals surface area contributed by atoms with E-state index in [0.29, 0.717) is 10.8 Å². The summed E-state index contributed by atoms with van der Waals surface area (Å²) in [4.78, 5) is 22.1. The molecule has 0 aliphatic rings. The predicted molar refractivity (Wildman–Crippen MR) is 67.2 cm³/mol. The second-order valence-corrected chi connectivity index (χ2v) is 4.71. The van der Waals surface area contributed by atoms with E-state index < -0.39 is 12.0 Å². The van der Waals surface area contributed by atoms with Crippen molar-refractivity contribution in [1.82, 2.24) is 20.0 Å². The van der Waals surface area contributed by atoms with Crippen molar-refractivity contribution in [2.75, 3.05) is 10.6 Å². The fourth-order valence-corrected chi connectivity index (χ4v) is 1.85. The number of aliphatic carboxylic acids is 1. The lowest BCUT2D eigenvalue weighted by molar-refractivity contribution is -0.137. The van der Waals surface area contributed by atoms with Gasteiger partial charge in [0.2, 0.25) is 5.13 Å². The molecule has 0 atom stereocenters. The summed E-state index contributed by atoms with van der Waals surface area (Å²) >= 11 is 1.25. The first-order chi connectivity index (χ1) is 9.02. The van der Waals surface area contributed by atoms with E-state index in [1.807, 2.05) is 0 Å². The largest absolute Gasteiger partial charge is 0.480 e. The molecule has 0 spiro atoms. The maximum Gasteiger partial charge on any atom is 0.325 e. The summed E-state index contributed by atoms with van der Waals surface area (Å²) < 4.78 is 1.20. The molecule has 0 aliphatic carbocycles. The number of anilines is 2. The monoisotopic (exact) mass is 282 g/mol. The molecule has 9 nitrogen and oxygen atoms in total. The van der Waals surface area contributed by atoms with Gasteiger partial charge in [0.1, 0.15) is 11.6 Å². The maximum atomic E-state index is 11.6. The average molecular weight is 282 g/mol. The molecule has 3 N–H and O–H groups in total. The number of aromatic nitrogens is 4. The molecule has 0 aliphatic heterocycles. The third kappa shape index (κ3) is 3.74. The molecule has 2 heterocycles. The number of aryl methyl sites for hydroxylation is 1. The van der Waals surface area contributed by atoms with Crippen LogP contribution in [-0.2, 0) is 11.3 Å². The number of rotatable bonds is 4. The Balaban J connectivity index is 1.91. The van der Waals surface area contributed by atoms with Gasteiger partial charge in [0, 0.05) is 6.20 Å². The molecule has 2 aromatic heterocycles. The first kappa shape index (κ1) is 13.0. The lowest BCUT2D eigenvalue weighted by Crippen LogP contribution is -2.19. The Bertz CT molecular complexity index is 607. The topological polar surface area (TPSA) is 122 Å². The quantitative estimate of drug-likeness (QED) is 0.761. The average Bonchev–Trinajstić information content (AvgIpc) is 2.88. The number of urea groups is 1. The Kier molecular flexibility index (Phi) is 3.71. The molecule has 19 heavy (non-hydrogen) atoms. The number of nitrogens with zero attached hydrogens (tertiary/aromatic N) is 4. The third-order valence-electron chi connectivity index (χ3n) is 1.93. The van der Waals surface area contributed by atoms with Gasteiger partial charge in [-0.15, -0.1) is 10.2 Å². The molecule has 2 rings (SSSR count). The minimum Gasteiger partial charge on any atom is -0.480 e. The predicted octanol–water partition coefficient (Wildman–Crippen LogP) is 0.772. The molecule has 0 fully saturated rings. The highest BCUT2D eigenvalue weighted by atomic mass is 32.1. The molecule has 0 radical (unpaired) electrons. The van der Waals surface area contributed by atoms with E-state index in [9.17, 15) is 9.59 Å². The third-order valence-corrected chi connectivity index (χ3v) is 2.69. The Hall–Kier alpha value is -2.49. The van der Waals surface area contributed by atoms with Gasteiger partial charge in [-0.25, -0.2) is 4.79 Å². The van der Waals surface area contributed by atoms with Crippen LogP contribution >= 0.6 is 11.3 Å². The van der Waals surface area contributed by atoms with E-state index in [1.165, 1.54) is 28.4 Å². The van der Waals surface area contributed by atoms with Crippen molar-refractivity contribution in [3.05, 3.63) is 17.4 Å². The molecule has 0 bridgehead atoms. The first-order valence-corrected chi connectivity index (χ1v) is 5.97. The van der Waals surface area contributed by atoms with Gasteiger partial charge in [-0.1, -0.05) is 11.3 Å². The highest BCUT2D eigenvalue weighted by molar-refractivity contribution is 7.15. The summed E-state index contributed by atoms with van der Waals surface area (Å²) in [5.74, 6) is -1.01. The minimum absolute atomic E-state index is 0.265. The number of nitrogens with one attached hydrogen (secondary N) is 2. The van der Waals surface area contributed by atoms with Crippen molar-refractivity contribution in [2.45, 2.75) is 13.5 Å². The van der Waals surface area contributed by atoms with Gasteiger partial charge in [0.25, 0.3) is 0 Å². The van der Waals surface area contributed by atoms with Gasteiger partial charge in [0.15, 0.2) is 0 Å². The normalized spacial score (nSPS) is 10.2. The van der Waals surface area contributed by atoms with E-state index in [-0.39, 0.29) is 6.54 Å². The van der Waals surface area contributed by atoms with E-state index in [1.54, 1.807) is 6.92 Å². The van der Waals surface area contributed by atoms with E-state index in [4.69, 9.17) is 5.11 Å². The lowest BCUT2D eigenvalue weighted by atomic mass is 10.5. The fraction of sp³-hybridized carbons (Fsp3) is 0.222. The fourth-order valence-electron chi connectivity index (χ4n) is 1.26. The van der Waals surface area contributed by atoms with Crippen molar-refractivity contribution in [3.63, 3.8) is 0 Å². The Morgan fingerprint density at radius 2 is 2.21 bits per heavy atom. The molecule has 100 valence electrons. The SMILES string of the molecule is Cc1nnc(NC(=O)Nc2cnn(CC(=O)O)c2)s1. The summed E-state index contributed by atoms with van der Waals surface area (Å²) in [6, 6.07) is -0.494. The standard InChI is InChI=1S/C9H10N6O3S/c1-5-13-14-9(19-5)12-8(18)11-6-2-10-15(3-6)4-7(16)17/h2-3H,4H2,1H3,(H,16,17)(H2,11,12,14,18). The Labute approximate surface area is 111 Å². The lowest BCUT2D eigenvalue weighted by Gasteiger charge is -2.01. The number of hydrogen-bond acceptors (Lipinski definition) is 6. The van der Waals surface area contributed by atoms with Gasteiger partial charge >= 0.3 is 12.0 Å². The number of carboxylic acid groups (broad SMARTS) is 1. The van der Waals surface area contributed by atoms with Crippen LogP contribution in [0.1, 0.15) is 5.01 Å². The van der Waals surface area contributed by atoms with Crippen LogP contribution in [0.15, 0.2) is 12.4 Å². The van der Waals surface area contributed by atoms with Crippen LogP contribution in [0.5, 0.6) is 0 Å². The van der Waals surface area contributed by atoms with Crippen LogP contribution in [-0.4, -0.2) is 37.1 Å². The zero-order valence-electron chi connectivity index (χ0n) is 9.82. The van der Waals surface area contributed by atoms with Gasteiger partial charge in [0.05, 0.1) is 11.9 Å². The van der Waals surface area contributed by atoms with Crippen LogP contribution in [0.25, 0.3) is 0 Å². The van der Waals surface area contributed by atoms with E-state index >= 15 is 0 Å². The highest BCUT2D eigenvalue weighted by Gasteiger charge is 2.08. The highest BCUT2D eigenvalue weighted by Crippen LogP contribution is 2.14. The molecule has 0 saturated heterocycles. The molecule has 2 aromatic rings. The molecule has 0 saturated carbocycles. The van der Waals surface area contributed by atoms with Crippen molar-refractivity contribution in [2.24, 2.45) is 0 Å². The number of amides is 2. The van der Waals surface area contributed by atoms with Crippen molar-refractivity contribution in [3.8, 4) is 0 Å². The van der Waals surface area contributed by atoms with Crippen LogP contribution in [0.2, 0.25) is 0 Å². The van der Waals surface area contributed by atoms with Gasteiger partial charge in [-0.05, 0) is 6.92 Å². The van der Waals surface area contributed by atoms with Crippen molar-refractivity contribution < 1.29 is 14.7 Å². The van der Waals surface area contributed by atoms with E-state index in [2.05, 4.69) is 25.9 Å². The number of carbonyl (C=O) groups is 2. The van der Waals surface area contributed by atoms with E-state index in [0.717, 1.165) is 5.01 Å².